The van der Waals surface area contributed by atoms with Crippen LogP contribution in [0.25, 0.3) is 0 Å². The van der Waals surface area contributed by atoms with E-state index in [2.05, 4.69) is 15.3 Å². The predicted octanol–water partition coefficient (Wildman–Crippen LogP) is 3.28. The van der Waals surface area contributed by atoms with Gasteiger partial charge >= 0.3 is 6.18 Å². The van der Waals surface area contributed by atoms with Crippen molar-refractivity contribution >= 4 is 11.9 Å². The average Bonchev–Trinajstić information content (AvgIpc) is 2.66. The highest BCUT2D eigenvalue weighted by Crippen LogP contribution is 2.31. The summed E-state index contributed by atoms with van der Waals surface area (Å²) in [6, 6.07) is 4.74. The molecule has 1 saturated heterocycles. The van der Waals surface area contributed by atoms with Gasteiger partial charge in [0.2, 0.25) is 5.95 Å². The number of nitrogens with zero attached hydrogens (tertiary/aromatic N) is 3. The summed E-state index contributed by atoms with van der Waals surface area (Å²) < 4.78 is 51.9. The van der Waals surface area contributed by atoms with Crippen LogP contribution in [-0.4, -0.2) is 35.5 Å². The third kappa shape index (κ3) is 4.72. The molecule has 0 bridgehead atoms. The summed E-state index contributed by atoms with van der Waals surface area (Å²) in [6.07, 6.45) is -0.919. The molecule has 0 radical (unpaired) electrons. The second kappa shape index (κ2) is 7.89. The summed E-state index contributed by atoms with van der Waals surface area (Å²) in [5, 5.41) is 2.60. The molecule has 1 N–H and O–H groups in total. The molecule has 1 aliphatic heterocycles. The highest BCUT2D eigenvalue weighted by molar-refractivity contribution is 5.95. The van der Waals surface area contributed by atoms with Crippen molar-refractivity contribution in [1.29, 1.82) is 0 Å². The van der Waals surface area contributed by atoms with E-state index in [0.717, 1.165) is 31.3 Å². The maximum absolute atomic E-state index is 13.0. The molecule has 1 aliphatic rings. The Balaban J connectivity index is 1.53. The number of piperidine rings is 1. The Morgan fingerprint density at radius 1 is 1.15 bits per heavy atom. The summed E-state index contributed by atoms with van der Waals surface area (Å²) in [6.45, 7) is 1.56. The van der Waals surface area contributed by atoms with E-state index in [1.807, 2.05) is 4.90 Å². The highest BCUT2D eigenvalue weighted by Gasteiger charge is 2.35. The van der Waals surface area contributed by atoms with E-state index < -0.39 is 23.5 Å². The lowest BCUT2D eigenvalue weighted by Crippen LogP contribution is -2.39. The van der Waals surface area contributed by atoms with Gasteiger partial charge in [-0.05, 0) is 30.9 Å². The number of rotatable bonds is 4. The van der Waals surface area contributed by atoms with Gasteiger partial charge in [0.25, 0.3) is 5.91 Å². The first kappa shape index (κ1) is 19.1. The van der Waals surface area contributed by atoms with Crippen LogP contribution in [0.3, 0.4) is 0 Å². The standard InChI is InChI=1S/C18H18F4N4O/c19-13-10-24-17(25-11-13)26-7-5-12(6-8-26)9-23-16(27)14-3-1-2-4-15(14)18(20,21)22/h1-4,10-12H,5-9H2,(H,23,27). The molecule has 3 rings (SSSR count). The van der Waals surface area contributed by atoms with Gasteiger partial charge in [-0.25, -0.2) is 14.4 Å². The maximum atomic E-state index is 13.0. The molecule has 1 fully saturated rings. The molecular weight excluding hydrogens is 364 g/mol. The normalized spacial score (nSPS) is 15.6. The zero-order chi connectivity index (χ0) is 19.4. The van der Waals surface area contributed by atoms with Crippen molar-refractivity contribution in [2.75, 3.05) is 24.5 Å². The lowest BCUT2D eigenvalue weighted by Gasteiger charge is -2.32. The number of amides is 1. The van der Waals surface area contributed by atoms with Crippen molar-refractivity contribution in [2.45, 2.75) is 19.0 Å². The average molecular weight is 382 g/mol. The number of halogens is 4. The van der Waals surface area contributed by atoms with Crippen molar-refractivity contribution in [1.82, 2.24) is 15.3 Å². The summed E-state index contributed by atoms with van der Waals surface area (Å²) in [7, 11) is 0. The van der Waals surface area contributed by atoms with E-state index >= 15 is 0 Å². The van der Waals surface area contributed by atoms with Crippen LogP contribution in [-0.2, 0) is 6.18 Å². The minimum Gasteiger partial charge on any atom is -0.352 e. The molecule has 1 aromatic carbocycles. The highest BCUT2D eigenvalue weighted by atomic mass is 19.4. The quantitative estimate of drug-likeness (QED) is 0.825. The van der Waals surface area contributed by atoms with E-state index in [-0.39, 0.29) is 11.5 Å². The Morgan fingerprint density at radius 3 is 2.41 bits per heavy atom. The lowest BCUT2D eigenvalue weighted by atomic mass is 9.96. The van der Waals surface area contributed by atoms with Gasteiger partial charge in [-0.2, -0.15) is 13.2 Å². The van der Waals surface area contributed by atoms with Gasteiger partial charge in [0.1, 0.15) is 0 Å². The van der Waals surface area contributed by atoms with Crippen LogP contribution in [0.15, 0.2) is 36.7 Å². The minimum atomic E-state index is -4.57. The molecule has 2 heterocycles. The molecule has 1 amide bonds. The van der Waals surface area contributed by atoms with Gasteiger partial charge < -0.3 is 10.2 Å². The number of hydrogen-bond acceptors (Lipinski definition) is 4. The number of nitrogens with one attached hydrogen (secondary N) is 1. The summed E-state index contributed by atoms with van der Waals surface area (Å²) in [5.74, 6) is -0.649. The van der Waals surface area contributed by atoms with Gasteiger partial charge in [0.15, 0.2) is 5.82 Å². The molecule has 9 heteroatoms. The largest absolute Gasteiger partial charge is 0.417 e. The number of carbonyl (C=O) groups excluding carboxylic acids is 1. The van der Waals surface area contributed by atoms with Gasteiger partial charge in [0, 0.05) is 19.6 Å². The van der Waals surface area contributed by atoms with Crippen LogP contribution in [0, 0.1) is 11.7 Å². The Morgan fingerprint density at radius 2 is 1.78 bits per heavy atom. The molecule has 144 valence electrons. The van der Waals surface area contributed by atoms with Crippen molar-refractivity contribution in [2.24, 2.45) is 5.92 Å². The Kier molecular flexibility index (Phi) is 5.57. The summed E-state index contributed by atoms with van der Waals surface area (Å²) in [4.78, 5) is 22.0. The molecule has 0 saturated carbocycles. The van der Waals surface area contributed by atoms with Crippen LogP contribution < -0.4 is 10.2 Å². The monoisotopic (exact) mass is 382 g/mol. The van der Waals surface area contributed by atoms with E-state index in [0.29, 0.717) is 25.6 Å². The number of aromatic nitrogens is 2. The molecule has 0 atom stereocenters. The Labute approximate surface area is 153 Å². The van der Waals surface area contributed by atoms with E-state index in [1.165, 1.54) is 18.2 Å². The summed E-state index contributed by atoms with van der Waals surface area (Å²) in [5.41, 5.74) is -1.31. The van der Waals surface area contributed by atoms with Crippen molar-refractivity contribution in [3.8, 4) is 0 Å². The van der Waals surface area contributed by atoms with E-state index in [9.17, 15) is 22.4 Å². The molecule has 5 nitrogen and oxygen atoms in total. The second-order valence-corrected chi connectivity index (χ2v) is 6.39. The zero-order valence-corrected chi connectivity index (χ0v) is 14.3. The van der Waals surface area contributed by atoms with Crippen LogP contribution >= 0.6 is 0 Å². The number of carbonyl (C=O) groups is 1. The Bertz CT molecular complexity index is 787. The fourth-order valence-corrected chi connectivity index (χ4v) is 3.07. The first-order chi connectivity index (χ1) is 12.8. The molecule has 0 unspecified atom stereocenters. The van der Waals surface area contributed by atoms with E-state index in [4.69, 9.17) is 0 Å². The zero-order valence-electron chi connectivity index (χ0n) is 14.3. The molecule has 2 aromatic rings. The number of alkyl halides is 3. The molecule has 0 spiro atoms. The van der Waals surface area contributed by atoms with Crippen molar-refractivity contribution in [3.63, 3.8) is 0 Å². The fourth-order valence-electron chi connectivity index (χ4n) is 3.07. The van der Waals surface area contributed by atoms with Crippen LogP contribution in [0.2, 0.25) is 0 Å². The maximum Gasteiger partial charge on any atom is 0.417 e. The predicted molar refractivity (Wildman–Crippen MR) is 90.7 cm³/mol. The topological polar surface area (TPSA) is 58.1 Å². The first-order valence-electron chi connectivity index (χ1n) is 8.51. The van der Waals surface area contributed by atoms with Crippen molar-refractivity contribution < 1.29 is 22.4 Å². The van der Waals surface area contributed by atoms with Crippen LogP contribution in [0.4, 0.5) is 23.5 Å². The molecule has 1 aromatic heterocycles. The minimum absolute atomic E-state index is 0.142. The Hall–Kier alpha value is -2.71. The van der Waals surface area contributed by atoms with Gasteiger partial charge in [-0.1, -0.05) is 12.1 Å². The lowest BCUT2D eigenvalue weighted by molar-refractivity contribution is -0.137. The number of hydrogen-bond donors (Lipinski definition) is 1. The first-order valence-corrected chi connectivity index (χ1v) is 8.51. The second-order valence-electron chi connectivity index (χ2n) is 6.39. The third-order valence-electron chi connectivity index (χ3n) is 4.53. The molecular formula is C18H18F4N4O. The van der Waals surface area contributed by atoms with E-state index in [1.54, 1.807) is 0 Å². The van der Waals surface area contributed by atoms with Crippen LogP contribution in [0.1, 0.15) is 28.8 Å². The van der Waals surface area contributed by atoms with Gasteiger partial charge in [-0.15, -0.1) is 0 Å². The molecule has 0 aliphatic carbocycles. The van der Waals surface area contributed by atoms with Gasteiger partial charge in [-0.3, -0.25) is 4.79 Å². The van der Waals surface area contributed by atoms with Crippen LogP contribution in [0.5, 0.6) is 0 Å². The third-order valence-corrected chi connectivity index (χ3v) is 4.53. The smallest absolute Gasteiger partial charge is 0.352 e. The fraction of sp³-hybridized carbons (Fsp3) is 0.389. The number of benzene rings is 1. The van der Waals surface area contributed by atoms with Crippen molar-refractivity contribution in [3.05, 3.63) is 53.6 Å². The van der Waals surface area contributed by atoms with Gasteiger partial charge in [0.05, 0.1) is 23.5 Å². The summed E-state index contributed by atoms with van der Waals surface area (Å²) >= 11 is 0. The molecule has 27 heavy (non-hydrogen) atoms. The number of anilines is 1. The SMILES string of the molecule is O=C(NCC1CCN(c2ncc(F)cn2)CC1)c1ccccc1C(F)(F)F.